The largest absolute Gasteiger partial charge is 0.389 e. The van der Waals surface area contributed by atoms with Crippen LogP contribution in [0.5, 0.6) is 0 Å². The zero-order valence-electron chi connectivity index (χ0n) is 9.43. The molecule has 90 valence electrons. The number of thiocarbonyl (C=S) groups is 1. The van der Waals surface area contributed by atoms with Crippen LogP contribution in [0, 0.1) is 0 Å². The third kappa shape index (κ3) is 2.12. The molecule has 2 saturated heterocycles. The van der Waals surface area contributed by atoms with Crippen LogP contribution in [0.25, 0.3) is 0 Å². The Hall–Kier alpha value is -1.20. The zero-order valence-corrected chi connectivity index (χ0v) is 10.2. The van der Waals surface area contributed by atoms with Crippen LogP contribution in [-0.2, 0) is 4.74 Å². The van der Waals surface area contributed by atoms with Crippen molar-refractivity contribution in [2.24, 2.45) is 5.73 Å². The van der Waals surface area contributed by atoms with E-state index in [9.17, 15) is 0 Å². The van der Waals surface area contributed by atoms with Gasteiger partial charge in [0.15, 0.2) is 0 Å². The third-order valence-corrected chi connectivity index (χ3v) is 3.72. The van der Waals surface area contributed by atoms with E-state index in [1.807, 2.05) is 12.1 Å². The Kier molecular flexibility index (Phi) is 2.72. The normalized spacial score (nSPS) is 30.5. The minimum Gasteiger partial charge on any atom is -0.389 e. The number of ether oxygens (including phenoxy) is 1. The molecule has 3 atom stereocenters. The SMILES string of the molecule is NC(=S)c1ccnc(NC2CC3CCC2O3)c1. The number of hydrogen-bond acceptors (Lipinski definition) is 4. The molecule has 2 aliphatic rings. The van der Waals surface area contributed by atoms with E-state index in [4.69, 9.17) is 22.7 Å². The highest BCUT2D eigenvalue weighted by Crippen LogP contribution is 2.35. The average Bonchev–Trinajstić information content (AvgIpc) is 2.91. The van der Waals surface area contributed by atoms with Gasteiger partial charge in [0.25, 0.3) is 0 Å². The molecule has 0 radical (unpaired) electrons. The van der Waals surface area contributed by atoms with Crippen LogP contribution in [0.3, 0.4) is 0 Å². The van der Waals surface area contributed by atoms with Gasteiger partial charge in [0.05, 0.1) is 18.2 Å². The van der Waals surface area contributed by atoms with Crippen LogP contribution < -0.4 is 11.1 Å². The number of nitrogens with two attached hydrogens (primary N) is 1. The number of anilines is 1. The van der Waals surface area contributed by atoms with E-state index in [1.54, 1.807) is 6.20 Å². The Bertz CT molecular complexity index is 451. The number of pyridine rings is 1. The number of hydrogen-bond donors (Lipinski definition) is 2. The molecule has 2 fully saturated rings. The van der Waals surface area contributed by atoms with E-state index in [2.05, 4.69) is 10.3 Å². The molecule has 3 rings (SSSR count). The Morgan fingerprint density at radius 2 is 2.41 bits per heavy atom. The second kappa shape index (κ2) is 4.23. The van der Waals surface area contributed by atoms with Crippen molar-refractivity contribution in [1.82, 2.24) is 4.98 Å². The molecule has 3 unspecified atom stereocenters. The fourth-order valence-electron chi connectivity index (χ4n) is 2.64. The second-order valence-corrected chi connectivity index (χ2v) is 5.09. The van der Waals surface area contributed by atoms with Crippen molar-refractivity contribution in [2.75, 3.05) is 5.32 Å². The number of nitrogens with one attached hydrogen (secondary N) is 1. The molecule has 0 aromatic carbocycles. The summed E-state index contributed by atoms with van der Waals surface area (Å²) in [5.41, 5.74) is 6.45. The third-order valence-electron chi connectivity index (χ3n) is 3.48. The maximum Gasteiger partial charge on any atom is 0.126 e. The Morgan fingerprint density at radius 3 is 3.06 bits per heavy atom. The highest BCUT2D eigenvalue weighted by molar-refractivity contribution is 7.80. The lowest BCUT2D eigenvalue weighted by Gasteiger charge is -2.20. The lowest BCUT2D eigenvalue weighted by molar-refractivity contribution is 0.102. The number of rotatable bonds is 3. The first-order valence-corrected chi connectivity index (χ1v) is 6.31. The van der Waals surface area contributed by atoms with Crippen molar-refractivity contribution >= 4 is 23.0 Å². The van der Waals surface area contributed by atoms with Gasteiger partial charge in [0.2, 0.25) is 0 Å². The van der Waals surface area contributed by atoms with Crippen LogP contribution in [0.4, 0.5) is 5.82 Å². The first-order chi connectivity index (χ1) is 8.22. The van der Waals surface area contributed by atoms with Crippen molar-refractivity contribution in [3.63, 3.8) is 0 Å². The van der Waals surface area contributed by atoms with Gasteiger partial charge >= 0.3 is 0 Å². The summed E-state index contributed by atoms with van der Waals surface area (Å²) in [5, 5.41) is 3.42. The molecule has 3 heterocycles. The molecule has 17 heavy (non-hydrogen) atoms. The number of fused-ring (bicyclic) bond motifs is 2. The molecule has 2 aliphatic heterocycles. The predicted molar refractivity (Wildman–Crippen MR) is 70.0 cm³/mol. The summed E-state index contributed by atoms with van der Waals surface area (Å²) in [6.45, 7) is 0. The fraction of sp³-hybridized carbons (Fsp3) is 0.500. The molecule has 2 bridgehead atoms. The first kappa shape index (κ1) is 10.9. The topological polar surface area (TPSA) is 60.2 Å². The molecule has 0 spiro atoms. The molecule has 1 aromatic rings. The van der Waals surface area contributed by atoms with E-state index in [0.717, 1.165) is 24.2 Å². The summed E-state index contributed by atoms with van der Waals surface area (Å²) < 4.78 is 5.79. The van der Waals surface area contributed by atoms with Crippen LogP contribution in [0.15, 0.2) is 18.3 Å². The van der Waals surface area contributed by atoms with Crippen LogP contribution in [0.2, 0.25) is 0 Å². The van der Waals surface area contributed by atoms with E-state index in [1.165, 1.54) is 6.42 Å². The summed E-state index contributed by atoms with van der Waals surface area (Å²) in [4.78, 5) is 4.69. The molecule has 5 heteroatoms. The van der Waals surface area contributed by atoms with Gasteiger partial charge in [-0.05, 0) is 31.4 Å². The van der Waals surface area contributed by atoms with Crippen molar-refractivity contribution in [2.45, 2.75) is 37.5 Å². The molecule has 0 saturated carbocycles. The van der Waals surface area contributed by atoms with Crippen molar-refractivity contribution in [1.29, 1.82) is 0 Å². The highest BCUT2D eigenvalue weighted by Gasteiger charge is 2.40. The standard InChI is InChI=1S/C12H15N3OS/c13-12(17)7-3-4-14-11(5-7)15-9-6-8-1-2-10(9)16-8/h3-5,8-10H,1-2,6H2,(H2,13,17)(H,14,15). The lowest BCUT2D eigenvalue weighted by atomic mass is 9.95. The second-order valence-electron chi connectivity index (χ2n) is 4.65. The molecular weight excluding hydrogens is 234 g/mol. The monoisotopic (exact) mass is 249 g/mol. The van der Waals surface area contributed by atoms with Gasteiger partial charge in [-0.25, -0.2) is 4.98 Å². The molecule has 4 nitrogen and oxygen atoms in total. The van der Waals surface area contributed by atoms with Gasteiger partial charge < -0.3 is 15.8 Å². The smallest absolute Gasteiger partial charge is 0.126 e. The summed E-state index contributed by atoms with van der Waals surface area (Å²) >= 11 is 4.95. The van der Waals surface area contributed by atoms with Gasteiger partial charge in [0, 0.05) is 11.8 Å². The summed E-state index contributed by atoms with van der Waals surface area (Å²) in [6, 6.07) is 4.10. The van der Waals surface area contributed by atoms with E-state index in [-0.39, 0.29) is 0 Å². The summed E-state index contributed by atoms with van der Waals surface area (Å²) in [7, 11) is 0. The van der Waals surface area contributed by atoms with Crippen molar-refractivity contribution in [3.8, 4) is 0 Å². The van der Waals surface area contributed by atoms with Crippen LogP contribution >= 0.6 is 12.2 Å². The van der Waals surface area contributed by atoms with Crippen LogP contribution in [0.1, 0.15) is 24.8 Å². The highest BCUT2D eigenvalue weighted by atomic mass is 32.1. The predicted octanol–water partition coefficient (Wildman–Crippen LogP) is 1.45. The van der Waals surface area contributed by atoms with E-state index in [0.29, 0.717) is 23.2 Å². The van der Waals surface area contributed by atoms with Gasteiger partial charge in [-0.1, -0.05) is 12.2 Å². The molecule has 1 aromatic heterocycles. The first-order valence-electron chi connectivity index (χ1n) is 5.90. The Morgan fingerprint density at radius 1 is 1.53 bits per heavy atom. The van der Waals surface area contributed by atoms with Gasteiger partial charge in [-0.2, -0.15) is 0 Å². The van der Waals surface area contributed by atoms with Gasteiger partial charge in [0.1, 0.15) is 10.8 Å². The fourth-order valence-corrected chi connectivity index (χ4v) is 2.77. The summed E-state index contributed by atoms with van der Waals surface area (Å²) in [5.74, 6) is 0.830. The molecule has 0 aliphatic carbocycles. The van der Waals surface area contributed by atoms with Crippen molar-refractivity contribution < 1.29 is 4.74 Å². The van der Waals surface area contributed by atoms with E-state index >= 15 is 0 Å². The quantitative estimate of drug-likeness (QED) is 0.794. The molecule has 3 N–H and O–H groups in total. The van der Waals surface area contributed by atoms with Crippen molar-refractivity contribution in [3.05, 3.63) is 23.9 Å². The minimum atomic E-state index is 0.343. The maximum atomic E-state index is 5.79. The average molecular weight is 249 g/mol. The maximum absolute atomic E-state index is 5.79. The van der Waals surface area contributed by atoms with Gasteiger partial charge in [-0.15, -0.1) is 0 Å². The Balaban J connectivity index is 1.73. The molecular formula is C12H15N3OS. The zero-order chi connectivity index (χ0) is 11.8. The summed E-state index contributed by atoms with van der Waals surface area (Å²) in [6.07, 6.45) is 5.93. The lowest BCUT2D eigenvalue weighted by Crippen LogP contribution is -2.30. The van der Waals surface area contributed by atoms with Crippen LogP contribution in [-0.4, -0.2) is 28.2 Å². The van der Waals surface area contributed by atoms with Gasteiger partial charge in [-0.3, -0.25) is 0 Å². The number of nitrogens with zero attached hydrogens (tertiary/aromatic N) is 1. The minimum absolute atomic E-state index is 0.343. The molecule has 0 amide bonds. The van der Waals surface area contributed by atoms with E-state index < -0.39 is 0 Å². The number of aromatic nitrogens is 1. The Labute approximate surface area is 106 Å².